The topological polar surface area (TPSA) is 42.2 Å². The molecule has 1 aromatic heterocycles. The first-order chi connectivity index (χ1) is 14.0. The summed E-state index contributed by atoms with van der Waals surface area (Å²) in [5.74, 6) is -0.927. The lowest BCUT2D eigenvalue weighted by Crippen LogP contribution is -2.11. The van der Waals surface area contributed by atoms with Gasteiger partial charge in [-0.15, -0.1) is 0 Å². The molecule has 0 spiro atoms. The van der Waals surface area contributed by atoms with Crippen molar-refractivity contribution >= 4 is 22.4 Å². The molecular formula is C26H23NO2. The molecule has 3 heteroatoms. The quantitative estimate of drug-likeness (QED) is 0.426. The van der Waals surface area contributed by atoms with Crippen molar-refractivity contribution in [2.45, 2.75) is 19.9 Å². The van der Waals surface area contributed by atoms with Crippen molar-refractivity contribution in [1.29, 1.82) is 0 Å². The Bertz CT molecular complexity index is 1200. The van der Waals surface area contributed by atoms with E-state index in [1.54, 1.807) is 0 Å². The third-order valence-corrected chi connectivity index (χ3v) is 5.27. The lowest BCUT2D eigenvalue weighted by molar-refractivity contribution is -0.131. The number of allylic oxidation sites excluding steroid dienone is 1. The van der Waals surface area contributed by atoms with Gasteiger partial charge in [-0.3, -0.25) is 0 Å². The first kappa shape index (κ1) is 18.8. The summed E-state index contributed by atoms with van der Waals surface area (Å²) in [5, 5.41) is 10.1. The maximum absolute atomic E-state index is 11.0. The zero-order valence-corrected chi connectivity index (χ0v) is 16.5. The molecule has 4 aromatic rings. The summed E-state index contributed by atoms with van der Waals surface area (Å²) in [5.41, 5.74) is 6.47. The van der Waals surface area contributed by atoms with E-state index in [9.17, 15) is 4.79 Å². The smallest absolute Gasteiger partial charge is 0.328 e. The molecule has 4 rings (SSSR count). The third kappa shape index (κ3) is 3.85. The van der Waals surface area contributed by atoms with E-state index in [2.05, 4.69) is 84.4 Å². The molecule has 0 aliphatic rings. The van der Waals surface area contributed by atoms with Crippen molar-refractivity contribution in [3.8, 4) is 0 Å². The van der Waals surface area contributed by atoms with Crippen LogP contribution in [-0.2, 0) is 4.79 Å². The summed E-state index contributed by atoms with van der Waals surface area (Å²) >= 11 is 0. The average Bonchev–Trinajstić information content (AvgIpc) is 3.12. The highest BCUT2D eigenvalue weighted by atomic mass is 16.4. The van der Waals surface area contributed by atoms with Crippen LogP contribution in [0.3, 0.4) is 0 Å². The standard InChI is InChI=1S/C26H23NO2/c1-18-7-6-10-23(15-18)26(20-8-4-3-5-9-20)27-14-13-22-17-21(11-12-24(22)27)19(2)16-25(28)29/h3-17,26H,1-2H3,(H,28,29)/b19-16+. The maximum atomic E-state index is 11.0. The van der Waals surface area contributed by atoms with Crippen molar-refractivity contribution in [2.75, 3.05) is 0 Å². The molecule has 0 amide bonds. The molecule has 1 unspecified atom stereocenters. The molecule has 0 saturated heterocycles. The Labute approximate surface area is 170 Å². The molecule has 29 heavy (non-hydrogen) atoms. The Morgan fingerprint density at radius 1 is 0.931 bits per heavy atom. The van der Waals surface area contributed by atoms with Crippen molar-refractivity contribution in [1.82, 2.24) is 4.57 Å². The second-order valence-corrected chi connectivity index (χ2v) is 7.39. The largest absolute Gasteiger partial charge is 0.478 e. The SMILES string of the molecule is C/C(=C\C(=O)O)c1ccc2c(ccn2C(c2ccccc2)c2cccc(C)c2)c1. The predicted octanol–water partition coefficient (Wildman–Crippen LogP) is 6.08. The lowest BCUT2D eigenvalue weighted by Gasteiger charge is -2.22. The fourth-order valence-corrected chi connectivity index (χ4v) is 3.89. The van der Waals surface area contributed by atoms with Gasteiger partial charge in [0.05, 0.1) is 6.04 Å². The Morgan fingerprint density at radius 2 is 1.69 bits per heavy atom. The van der Waals surface area contributed by atoms with Gasteiger partial charge >= 0.3 is 5.97 Å². The van der Waals surface area contributed by atoms with Gasteiger partial charge in [-0.25, -0.2) is 4.79 Å². The Morgan fingerprint density at radius 3 is 2.41 bits per heavy atom. The minimum absolute atomic E-state index is 0.0649. The van der Waals surface area contributed by atoms with Gasteiger partial charge in [0.15, 0.2) is 0 Å². The summed E-state index contributed by atoms with van der Waals surface area (Å²) in [7, 11) is 0. The second kappa shape index (κ2) is 7.80. The number of carbonyl (C=O) groups is 1. The highest BCUT2D eigenvalue weighted by Gasteiger charge is 2.18. The fraction of sp³-hybridized carbons (Fsp3) is 0.115. The first-order valence-corrected chi connectivity index (χ1v) is 9.66. The fourth-order valence-electron chi connectivity index (χ4n) is 3.89. The molecule has 1 heterocycles. The van der Waals surface area contributed by atoms with Gasteiger partial charge in [0.2, 0.25) is 0 Å². The molecule has 3 aromatic carbocycles. The molecule has 3 nitrogen and oxygen atoms in total. The molecule has 1 atom stereocenters. The molecule has 144 valence electrons. The molecule has 0 bridgehead atoms. The maximum Gasteiger partial charge on any atom is 0.328 e. The van der Waals surface area contributed by atoms with Crippen LogP contribution in [0.15, 0.2) is 91.1 Å². The number of aryl methyl sites for hydroxylation is 1. The molecule has 0 aliphatic carbocycles. The van der Waals surface area contributed by atoms with Crippen LogP contribution in [0.2, 0.25) is 0 Å². The van der Waals surface area contributed by atoms with Crippen LogP contribution >= 0.6 is 0 Å². The normalized spacial score (nSPS) is 12.8. The zero-order chi connectivity index (χ0) is 20.4. The van der Waals surface area contributed by atoms with Crippen molar-refractivity contribution in [3.63, 3.8) is 0 Å². The minimum Gasteiger partial charge on any atom is -0.478 e. The number of fused-ring (bicyclic) bond motifs is 1. The summed E-state index contributed by atoms with van der Waals surface area (Å²) in [6.45, 7) is 3.94. The highest BCUT2D eigenvalue weighted by molar-refractivity contribution is 5.92. The molecule has 0 fully saturated rings. The van der Waals surface area contributed by atoms with Crippen molar-refractivity contribution in [2.24, 2.45) is 0 Å². The van der Waals surface area contributed by atoms with Gasteiger partial charge in [-0.05, 0) is 54.3 Å². The lowest BCUT2D eigenvalue weighted by atomic mass is 9.97. The van der Waals surface area contributed by atoms with Crippen LogP contribution < -0.4 is 0 Å². The van der Waals surface area contributed by atoms with E-state index in [-0.39, 0.29) is 6.04 Å². The van der Waals surface area contributed by atoms with Gasteiger partial charge in [0.25, 0.3) is 0 Å². The van der Waals surface area contributed by atoms with Crippen LogP contribution in [0.4, 0.5) is 0 Å². The number of aliphatic carboxylic acids is 1. The number of carboxylic acid groups (broad SMARTS) is 1. The second-order valence-electron chi connectivity index (χ2n) is 7.39. The number of benzene rings is 3. The van der Waals surface area contributed by atoms with Gasteiger partial charge < -0.3 is 9.67 Å². The number of nitrogens with zero attached hydrogens (tertiary/aromatic N) is 1. The summed E-state index contributed by atoms with van der Waals surface area (Å²) in [4.78, 5) is 11.0. The van der Waals surface area contributed by atoms with E-state index in [4.69, 9.17) is 5.11 Å². The number of aromatic nitrogens is 1. The number of hydrogen-bond acceptors (Lipinski definition) is 1. The van der Waals surface area contributed by atoms with E-state index in [1.165, 1.54) is 22.8 Å². The van der Waals surface area contributed by atoms with E-state index < -0.39 is 5.97 Å². The molecule has 0 aliphatic heterocycles. The van der Waals surface area contributed by atoms with Gasteiger partial charge in [0, 0.05) is 23.2 Å². The highest BCUT2D eigenvalue weighted by Crippen LogP contribution is 2.32. The minimum atomic E-state index is -0.927. The van der Waals surface area contributed by atoms with E-state index in [0.29, 0.717) is 0 Å². The van der Waals surface area contributed by atoms with Crippen LogP contribution in [0.1, 0.15) is 35.2 Å². The van der Waals surface area contributed by atoms with Crippen LogP contribution in [0, 0.1) is 6.92 Å². The zero-order valence-electron chi connectivity index (χ0n) is 16.5. The van der Waals surface area contributed by atoms with Crippen molar-refractivity contribution < 1.29 is 9.90 Å². The summed E-state index contributed by atoms with van der Waals surface area (Å²) < 4.78 is 2.29. The summed E-state index contributed by atoms with van der Waals surface area (Å²) in [6, 6.07) is 27.4. The van der Waals surface area contributed by atoms with Crippen LogP contribution in [-0.4, -0.2) is 15.6 Å². The molecular weight excluding hydrogens is 358 g/mol. The first-order valence-electron chi connectivity index (χ1n) is 9.66. The number of hydrogen-bond donors (Lipinski definition) is 1. The monoisotopic (exact) mass is 381 g/mol. The molecule has 1 N–H and O–H groups in total. The summed E-state index contributed by atoms with van der Waals surface area (Å²) in [6.07, 6.45) is 3.36. The van der Waals surface area contributed by atoms with Gasteiger partial charge in [-0.1, -0.05) is 66.2 Å². The molecule has 0 radical (unpaired) electrons. The Hall–Kier alpha value is -3.59. The van der Waals surface area contributed by atoms with Crippen LogP contribution in [0.25, 0.3) is 16.5 Å². The number of carboxylic acids is 1. The van der Waals surface area contributed by atoms with E-state index in [1.807, 2.05) is 19.1 Å². The third-order valence-electron chi connectivity index (χ3n) is 5.27. The Kier molecular flexibility index (Phi) is 5.05. The average molecular weight is 381 g/mol. The predicted molar refractivity (Wildman–Crippen MR) is 118 cm³/mol. The molecule has 0 saturated carbocycles. The van der Waals surface area contributed by atoms with E-state index in [0.717, 1.165) is 22.0 Å². The Balaban J connectivity index is 1.86. The van der Waals surface area contributed by atoms with Gasteiger partial charge in [0.1, 0.15) is 0 Å². The van der Waals surface area contributed by atoms with Gasteiger partial charge in [-0.2, -0.15) is 0 Å². The van der Waals surface area contributed by atoms with E-state index >= 15 is 0 Å². The van der Waals surface area contributed by atoms with Crippen molar-refractivity contribution in [3.05, 3.63) is 113 Å². The number of rotatable bonds is 5. The van der Waals surface area contributed by atoms with Crippen LogP contribution in [0.5, 0.6) is 0 Å².